The van der Waals surface area contributed by atoms with Crippen molar-refractivity contribution < 1.29 is 4.79 Å². The number of nitrogens with zero attached hydrogens (tertiary/aromatic N) is 1. The van der Waals surface area contributed by atoms with Gasteiger partial charge in [-0.1, -0.05) is 37.3 Å². The lowest BCUT2D eigenvalue weighted by molar-refractivity contribution is 0.0953. The van der Waals surface area contributed by atoms with Crippen molar-refractivity contribution in [1.29, 1.82) is 0 Å². The van der Waals surface area contributed by atoms with E-state index in [1.54, 1.807) is 0 Å². The summed E-state index contributed by atoms with van der Waals surface area (Å²) in [6.07, 6.45) is 5.48. The van der Waals surface area contributed by atoms with Gasteiger partial charge in [0.1, 0.15) is 0 Å². The summed E-state index contributed by atoms with van der Waals surface area (Å²) in [5.41, 5.74) is 7.40. The Balaban J connectivity index is 1.37. The minimum atomic E-state index is 0.00435. The summed E-state index contributed by atoms with van der Waals surface area (Å²) in [7, 11) is 0. The molecule has 0 spiro atoms. The predicted molar refractivity (Wildman–Crippen MR) is 119 cm³/mol. The molecule has 0 fully saturated rings. The van der Waals surface area contributed by atoms with Crippen LogP contribution in [0.15, 0.2) is 60.7 Å². The molecule has 1 aliphatic carbocycles. The molecule has 0 aliphatic heterocycles. The minimum Gasteiger partial charge on any atom is -0.352 e. The van der Waals surface area contributed by atoms with Crippen LogP contribution in [0.5, 0.6) is 0 Å². The van der Waals surface area contributed by atoms with Gasteiger partial charge < -0.3 is 9.88 Å². The number of aromatic nitrogens is 1. The van der Waals surface area contributed by atoms with Gasteiger partial charge in [-0.2, -0.15) is 0 Å². The van der Waals surface area contributed by atoms with E-state index in [1.807, 2.05) is 18.2 Å². The quantitative estimate of drug-likeness (QED) is 0.575. The van der Waals surface area contributed by atoms with Gasteiger partial charge in [0.25, 0.3) is 5.91 Å². The Morgan fingerprint density at radius 3 is 2.62 bits per heavy atom. The Bertz CT molecular complexity index is 970. The molecule has 1 heterocycles. The normalized spacial score (nSPS) is 15.7. The number of rotatable bonds is 6. The van der Waals surface area contributed by atoms with Crippen molar-refractivity contribution in [3.05, 3.63) is 88.7 Å². The van der Waals surface area contributed by atoms with E-state index >= 15 is 0 Å². The first-order chi connectivity index (χ1) is 14.1. The van der Waals surface area contributed by atoms with Crippen LogP contribution in [-0.4, -0.2) is 17.0 Å². The van der Waals surface area contributed by atoms with Gasteiger partial charge in [0.15, 0.2) is 0 Å². The summed E-state index contributed by atoms with van der Waals surface area (Å²) in [5.74, 6) is 0.774. The molecule has 1 atom stereocenters. The monoisotopic (exact) mass is 386 g/mol. The van der Waals surface area contributed by atoms with Crippen LogP contribution >= 0.6 is 0 Å². The van der Waals surface area contributed by atoms with Crippen LogP contribution in [0.25, 0.3) is 5.69 Å². The average molecular weight is 387 g/mol. The molecule has 0 bridgehead atoms. The molecule has 29 heavy (non-hydrogen) atoms. The lowest BCUT2D eigenvalue weighted by Crippen LogP contribution is -2.24. The van der Waals surface area contributed by atoms with E-state index in [0.29, 0.717) is 6.54 Å². The third kappa shape index (κ3) is 4.45. The molecule has 1 unspecified atom stereocenters. The number of carbonyl (C=O) groups is 1. The summed E-state index contributed by atoms with van der Waals surface area (Å²) in [4.78, 5) is 12.5. The van der Waals surface area contributed by atoms with E-state index in [4.69, 9.17) is 0 Å². The van der Waals surface area contributed by atoms with Crippen molar-refractivity contribution >= 4 is 5.91 Å². The largest absolute Gasteiger partial charge is 0.352 e. The molecule has 1 amide bonds. The maximum atomic E-state index is 12.5. The lowest BCUT2D eigenvalue weighted by Gasteiger charge is -2.21. The van der Waals surface area contributed by atoms with Gasteiger partial charge in [-0.15, -0.1) is 0 Å². The van der Waals surface area contributed by atoms with Crippen molar-refractivity contribution in [1.82, 2.24) is 9.88 Å². The van der Waals surface area contributed by atoms with Crippen LogP contribution in [0.2, 0.25) is 0 Å². The van der Waals surface area contributed by atoms with Gasteiger partial charge >= 0.3 is 0 Å². The molecule has 1 aromatic heterocycles. The van der Waals surface area contributed by atoms with E-state index in [9.17, 15) is 4.79 Å². The van der Waals surface area contributed by atoms with Gasteiger partial charge in [0.2, 0.25) is 0 Å². The van der Waals surface area contributed by atoms with Crippen LogP contribution in [0.4, 0.5) is 0 Å². The second-order valence-corrected chi connectivity index (χ2v) is 8.33. The SMILES string of the molecule is Cc1cc2c(n1-c1ccc(C(=O)NCCCc3ccccc3)cc1)CCC(C)C2. The molecule has 0 radical (unpaired) electrons. The molecule has 1 N–H and O–H groups in total. The highest BCUT2D eigenvalue weighted by Crippen LogP contribution is 2.30. The van der Waals surface area contributed by atoms with Gasteiger partial charge in [-0.05, 0) is 86.4 Å². The lowest BCUT2D eigenvalue weighted by atomic mass is 9.89. The molecule has 150 valence electrons. The number of amides is 1. The maximum Gasteiger partial charge on any atom is 0.251 e. The first-order valence-electron chi connectivity index (χ1n) is 10.7. The highest BCUT2D eigenvalue weighted by atomic mass is 16.1. The van der Waals surface area contributed by atoms with Crippen molar-refractivity contribution in [2.24, 2.45) is 5.92 Å². The van der Waals surface area contributed by atoms with Crippen LogP contribution in [0.1, 0.15) is 52.6 Å². The van der Waals surface area contributed by atoms with Gasteiger partial charge in [0.05, 0.1) is 0 Å². The van der Waals surface area contributed by atoms with Gasteiger partial charge in [-0.3, -0.25) is 4.79 Å². The van der Waals surface area contributed by atoms with Crippen LogP contribution in [-0.2, 0) is 19.3 Å². The second kappa shape index (κ2) is 8.69. The van der Waals surface area contributed by atoms with E-state index in [2.05, 4.69) is 66.2 Å². The van der Waals surface area contributed by atoms with Gasteiger partial charge in [-0.25, -0.2) is 0 Å². The zero-order valence-corrected chi connectivity index (χ0v) is 17.4. The van der Waals surface area contributed by atoms with Crippen molar-refractivity contribution in [3.63, 3.8) is 0 Å². The fraction of sp³-hybridized carbons (Fsp3) is 0.346. The van der Waals surface area contributed by atoms with Gasteiger partial charge in [0, 0.05) is 29.2 Å². The number of hydrogen-bond donors (Lipinski definition) is 1. The number of nitrogens with one attached hydrogen (secondary N) is 1. The summed E-state index contributed by atoms with van der Waals surface area (Å²) < 4.78 is 2.36. The summed E-state index contributed by atoms with van der Waals surface area (Å²) in [6, 6.07) is 20.8. The fourth-order valence-electron chi connectivity index (χ4n) is 4.43. The van der Waals surface area contributed by atoms with Crippen molar-refractivity contribution in [2.45, 2.75) is 46.0 Å². The van der Waals surface area contributed by atoms with Crippen molar-refractivity contribution in [3.8, 4) is 5.69 Å². The Kier molecular flexibility index (Phi) is 5.84. The topological polar surface area (TPSA) is 34.0 Å². The maximum absolute atomic E-state index is 12.5. The molecule has 3 heteroatoms. The molecule has 1 aliphatic rings. The highest BCUT2D eigenvalue weighted by Gasteiger charge is 2.21. The fourth-order valence-corrected chi connectivity index (χ4v) is 4.43. The number of aryl methyl sites for hydroxylation is 2. The predicted octanol–water partition coefficient (Wildman–Crippen LogP) is 5.27. The Morgan fingerprint density at radius 1 is 1.10 bits per heavy atom. The van der Waals surface area contributed by atoms with Crippen LogP contribution < -0.4 is 5.32 Å². The standard InChI is InChI=1S/C26H30N2O/c1-19-10-15-25-23(17-19)18-20(2)28(25)24-13-11-22(12-14-24)26(29)27-16-6-9-21-7-4-3-5-8-21/h3-5,7-8,11-14,18-19H,6,9-10,15-17H2,1-2H3,(H,27,29). The second-order valence-electron chi connectivity index (χ2n) is 8.33. The number of carbonyl (C=O) groups excluding carboxylic acids is 1. The van der Waals surface area contributed by atoms with E-state index < -0.39 is 0 Å². The van der Waals surface area contributed by atoms with E-state index in [0.717, 1.165) is 36.4 Å². The zero-order valence-electron chi connectivity index (χ0n) is 17.4. The first kappa shape index (κ1) is 19.5. The summed E-state index contributed by atoms with van der Waals surface area (Å²) in [6.45, 7) is 5.21. The molecular formula is C26H30N2O. The molecule has 0 saturated heterocycles. The number of benzene rings is 2. The molecule has 0 saturated carbocycles. The zero-order chi connectivity index (χ0) is 20.2. The Morgan fingerprint density at radius 2 is 1.86 bits per heavy atom. The van der Waals surface area contributed by atoms with E-state index in [1.165, 1.54) is 35.4 Å². The molecule has 4 rings (SSSR count). The van der Waals surface area contributed by atoms with Crippen molar-refractivity contribution in [2.75, 3.05) is 6.54 Å². The molecule has 2 aromatic carbocycles. The molecule has 3 aromatic rings. The highest BCUT2D eigenvalue weighted by molar-refractivity contribution is 5.94. The minimum absolute atomic E-state index is 0.00435. The first-order valence-corrected chi connectivity index (χ1v) is 10.7. The summed E-state index contributed by atoms with van der Waals surface area (Å²) in [5, 5.41) is 3.04. The third-order valence-corrected chi connectivity index (χ3v) is 5.98. The number of hydrogen-bond acceptors (Lipinski definition) is 1. The third-order valence-electron chi connectivity index (χ3n) is 5.98. The molecule has 3 nitrogen and oxygen atoms in total. The molecular weight excluding hydrogens is 356 g/mol. The Hall–Kier alpha value is -2.81. The van der Waals surface area contributed by atoms with Crippen LogP contribution in [0, 0.1) is 12.8 Å². The number of fused-ring (bicyclic) bond motifs is 1. The van der Waals surface area contributed by atoms with Crippen LogP contribution in [0.3, 0.4) is 0 Å². The summed E-state index contributed by atoms with van der Waals surface area (Å²) >= 11 is 0. The average Bonchev–Trinajstić information content (AvgIpc) is 3.06. The van der Waals surface area contributed by atoms with E-state index in [-0.39, 0.29) is 5.91 Å². The Labute approximate surface area is 173 Å². The smallest absolute Gasteiger partial charge is 0.251 e.